The number of rotatable bonds is 3. The molecule has 0 radical (unpaired) electrons. The summed E-state index contributed by atoms with van der Waals surface area (Å²) in [5, 5.41) is 2.03. The molecule has 1 aliphatic heterocycles. The van der Waals surface area contributed by atoms with Crippen LogP contribution in [-0.4, -0.2) is 28.8 Å². The van der Waals surface area contributed by atoms with Gasteiger partial charge in [-0.25, -0.2) is 4.99 Å². The van der Waals surface area contributed by atoms with E-state index in [0.717, 1.165) is 28.8 Å². The fraction of sp³-hybridized carbons (Fsp3) is 0.389. The maximum Gasteiger partial charge on any atom is 0.247 e. The molecule has 0 bridgehead atoms. The molecule has 1 aliphatic carbocycles. The summed E-state index contributed by atoms with van der Waals surface area (Å²) in [7, 11) is 1.69. The molecule has 0 saturated heterocycles. The van der Waals surface area contributed by atoms with Gasteiger partial charge in [0.2, 0.25) is 11.5 Å². The summed E-state index contributed by atoms with van der Waals surface area (Å²) in [5.41, 5.74) is 7.20. The Morgan fingerprint density at radius 1 is 1.32 bits per heavy atom. The van der Waals surface area contributed by atoms with Gasteiger partial charge in [0.25, 0.3) is 0 Å². The Morgan fingerprint density at radius 2 is 2.08 bits per heavy atom. The average molecular weight is 356 g/mol. The van der Waals surface area contributed by atoms with E-state index < -0.39 is 5.54 Å². The zero-order chi connectivity index (χ0) is 17.8. The smallest absolute Gasteiger partial charge is 0.247 e. The molecule has 2 atom stereocenters. The second-order valence-electron chi connectivity index (χ2n) is 6.97. The van der Waals surface area contributed by atoms with E-state index in [1.807, 2.05) is 12.3 Å². The van der Waals surface area contributed by atoms with Crippen LogP contribution in [0, 0.1) is 11.8 Å². The van der Waals surface area contributed by atoms with Gasteiger partial charge >= 0.3 is 0 Å². The van der Waals surface area contributed by atoms with Crippen LogP contribution in [0.5, 0.6) is 0 Å². The molecule has 25 heavy (non-hydrogen) atoms. The van der Waals surface area contributed by atoms with Crippen LogP contribution >= 0.6 is 11.3 Å². The zero-order valence-electron chi connectivity index (χ0n) is 14.2. The number of aromatic amines is 1. The highest BCUT2D eigenvalue weighted by molar-refractivity contribution is 7.10. The van der Waals surface area contributed by atoms with Crippen LogP contribution in [0.1, 0.15) is 24.6 Å². The fourth-order valence-electron chi connectivity index (χ4n) is 3.59. The van der Waals surface area contributed by atoms with Gasteiger partial charge in [0, 0.05) is 24.2 Å². The number of pyridine rings is 1. The quantitative estimate of drug-likeness (QED) is 0.882. The van der Waals surface area contributed by atoms with Crippen molar-refractivity contribution in [2.45, 2.75) is 25.3 Å². The molecule has 0 spiro atoms. The Labute approximate surface area is 149 Å². The Kier molecular flexibility index (Phi) is 3.57. The number of hydrogen-bond donors (Lipinski definition) is 2. The number of aliphatic imine (C=N–C) groups is 1. The number of carbonyl (C=O) groups excluding carboxylic acids is 1. The van der Waals surface area contributed by atoms with Crippen LogP contribution in [0.25, 0.3) is 11.1 Å². The summed E-state index contributed by atoms with van der Waals surface area (Å²) in [4.78, 5) is 34.0. The first-order chi connectivity index (χ1) is 11.9. The number of H-pyrrole nitrogens is 1. The molecule has 6 nitrogen and oxygen atoms in total. The Balaban J connectivity index is 1.78. The molecule has 1 fully saturated rings. The highest BCUT2D eigenvalue weighted by Crippen LogP contribution is 2.51. The maximum atomic E-state index is 12.9. The SMILES string of the molecule is CN1C(=O)[C@H](C2CC2)[C@@](C)(c2cc(-c3ccc(=O)[nH]c3)cs2)N=C1N. The number of amides is 1. The lowest BCUT2D eigenvalue weighted by Gasteiger charge is -2.40. The van der Waals surface area contributed by atoms with E-state index in [4.69, 9.17) is 10.7 Å². The fourth-order valence-corrected chi connectivity index (χ4v) is 4.65. The van der Waals surface area contributed by atoms with Gasteiger partial charge in [-0.2, -0.15) is 0 Å². The van der Waals surface area contributed by atoms with E-state index in [2.05, 4.69) is 11.1 Å². The van der Waals surface area contributed by atoms with E-state index in [1.54, 1.807) is 30.6 Å². The van der Waals surface area contributed by atoms with Crippen molar-refractivity contribution >= 4 is 23.2 Å². The molecule has 2 aromatic rings. The molecule has 3 heterocycles. The second-order valence-corrected chi connectivity index (χ2v) is 7.88. The number of hydrogen-bond acceptors (Lipinski definition) is 5. The molecule has 3 N–H and O–H groups in total. The number of thiophene rings is 1. The number of nitrogens with two attached hydrogens (primary N) is 1. The van der Waals surface area contributed by atoms with Crippen LogP contribution in [0.4, 0.5) is 0 Å². The predicted molar refractivity (Wildman–Crippen MR) is 98.3 cm³/mol. The lowest BCUT2D eigenvalue weighted by molar-refractivity contribution is -0.134. The van der Waals surface area contributed by atoms with Crippen molar-refractivity contribution in [2.75, 3.05) is 7.05 Å². The summed E-state index contributed by atoms with van der Waals surface area (Å²) in [5.74, 6) is 0.516. The third-order valence-corrected chi connectivity index (χ3v) is 6.36. The standard InChI is InChI=1S/C18H20N4O2S/c1-18(15(10-3-4-10)16(24)22(2)17(19)21-18)13-7-12(9-25-13)11-5-6-14(23)20-8-11/h5-10,15H,3-4H2,1-2H3,(H2,19,21)(H,20,23)/t15-,18+/m0/s1. The minimum atomic E-state index is -0.639. The van der Waals surface area contributed by atoms with Crippen LogP contribution in [0.3, 0.4) is 0 Å². The second kappa shape index (κ2) is 5.56. The summed E-state index contributed by atoms with van der Waals surface area (Å²) in [6.45, 7) is 2.01. The van der Waals surface area contributed by atoms with Crippen LogP contribution < -0.4 is 11.3 Å². The Hall–Kier alpha value is -2.41. The average Bonchev–Trinajstić information content (AvgIpc) is 3.27. The van der Waals surface area contributed by atoms with E-state index in [1.165, 1.54) is 11.0 Å². The molecule has 4 rings (SSSR count). The first kappa shape index (κ1) is 16.1. The van der Waals surface area contributed by atoms with Gasteiger partial charge in [0.05, 0.1) is 5.92 Å². The lowest BCUT2D eigenvalue weighted by Crippen LogP contribution is -2.54. The van der Waals surface area contributed by atoms with E-state index in [0.29, 0.717) is 5.92 Å². The molecule has 1 amide bonds. The van der Waals surface area contributed by atoms with Crippen molar-refractivity contribution < 1.29 is 4.79 Å². The molecule has 2 aromatic heterocycles. The van der Waals surface area contributed by atoms with Gasteiger partial charge in [0.1, 0.15) is 5.54 Å². The maximum absolute atomic E-state index is 12.9. The lowest BCUT2D eigenvalue weighted by atomic mass is 9.79. The highest BCUT2D eigenvalue weighted by atomic mass is 32.1. The molecular weight excluding hydrogens is 336 g/mol. The number of nitrogens with zero attached hydrogens (tertiary/aromatic N) is 2. The summed E-state index contributed by atoms with van der Waals surface area (Å²) < 4.78 is 0. The summed E-state index contributed by atoms with van der Waals surface area (Å²) in [6.07, 6.45) is 3.83. The van der Waals surface area contributed by atoms with Crippen molar-refractivity contribution in [1.82, 2.24) is 9.88 Å². The largest absolute Gasteiger partial charge is 0.369 e. The molecule has 0 aromatic carbocycles. The third-order valence-electron chi connectivity index (χ3n) is 5.20. The molecule has 2 aliphatic rings. The van der Waals surface area contributed by atoms with Crippen molar-refractivity contribution in [3.05, 3.63) is 45.0 Å². The first-order valence-corrected chi connectivity index (χ1v) is 9.19. The third kappa shape index (κ3) is 2.59. The topological polar surface area (TPSA) is 91.5 Å². The molecule has 1 saturated carbocycles. The highest BCUT2D eigenvalue weighted by Gasteiger charge is 2.53. The number of aromatic nitrogens is 1. The van der Waals surface area contributed by atoms with Gasteiger partial charge in [0.15, 0.2) is 5.96 Å². The van der Waals surface area contributed by atoms with Crippen LogP contribution in [0.2, 0.25) is 0 Å². The van der Waals surface area contributed by atoms with Gasteiger partial charge in [-0.3, -0.25) is 14.5 Å². The van der Waals surface area contributed by atoms with Gasteiger partial charge in [-0.15, -0.1) is 11.3 Å². The monoisotopic (exact) mass is 356 g/mol. The summed E-state index contributed by atoms with van der Waals surface area (Å²) >= 11 is 1.58. The minimum absolute atomic E-state index is 0.0523. The number of carbonyl (C=O) groups is 1. The van der Waals surface area contributed by atoms with Crippen LogP contribution in [0.15, 0.2) is 39.6 Å². The molecule has 0 unspecified atom stereocenters. The van der Waals surface area contributed by atoms with Gasteiger partial charge in [-0.1, -0.05) is 0 Å². The molecule has 130 valence electrons. The zero-order valence-corrected chi connectivity index (χ0v) is 15.0. The molecule has 7 heteroatoms. The number of guanidine groups is 1. The van der Waals surface area contributed by atoms with Crippen molar-refractivity contribution in [1.29, 1.82) is 0 Å². The normalized spacial score (nSPS) is 26.6. The van der Waals surface area contributed by atoms with Crippen molar-refractivity contribution in [3.8, 4) is 11.1 Å². The Morgan fingerprint density at radius 3 is 2.72 bits per heavy atom. The number of nitrogens with one attached hydrogen (secondary N) is 1. The van der Waals surface area contributed by atoms with Crippen molar-refractivity contribution in [3.63, 3.8) is 0 Å². The van der Waals surface area contributed by atoms with Crippen molar-refractivity contribution in [2.24, 2.45) is 22.6 Å². The van der Waals surface area contributed by atoms with Gasteiger partial charge in [-0.05, 0) is 54.3 Å². The Bertz CT molecular complexity index is 907. The first-order valence-electron chi connectivity index (χ1n) is 8.31. The van der Waals surface area contributed by atoms with E-state index in [9.17, 15) is 9.59 Å². The minimum Gasteiger partial charge on any atom is -0.369 e. The predicted octanol–water partition coefficient (Wildman–Crippen LogP) is 2.13. The summed E-state index contributed by atoms with van der Waals surface area (Å²) in [6, 6.07) is 5.36. The molecular formula is C18H20N4O2S. The van der Waals surface area contributed by atoms with E-state index >= 15 is 0 Å². The van der Waals surface area contributed by atoms with E-state index in [-0.39, 0.29) is 23.3 Å². The van der Waals surface area contributed by atoms with Gasteiger partial charge < -0.3 is 10.7 Å². The van der Waals surface area contributed by atoms with Crippen LogP contribution in [-0.2, 0) is 10.3 Å².